The molecule has 1 aromatic heterocycles. The average Bonchev–Trinajstić information content (AvgIpc) is 2.89. The van der Waals surface area contributed by atoms with Gasteiger partial charge in [-0.05, 0) is 0 Å². The number of phenolic OH excluding ortho intramolecular Hbond substituents is 2. The first-order chi connectivity index (χ1) is 17.2. The van der Waals surface area contributed by atoms with Gasteiger partial charge in [0.2, 0.25) is 17.8 Å². The van der Waals surface area contributed by atoms with Crippen molar-refractivity contribution >= 4 is 11.0 Å². The molecule has 12 nitrogen and oxygen atoms in total. The monoisotopic (exact) mass is 507 g/mol. The van der Waals surface area contributed by atoms with Crippen molar-refractivity contribution < 1.29 is 58.7 Å². The van der Waals surface area contributed by atoms with E-state index in [4.69, 9.17) is 28.1 Å². The fraction of sp³-hybridized carbons (Fsp3) is 0.375. The molecule has 5 atom stereocenters. The highest BCUT2D eigenvalue weighted by Crippen LogP contribution is 2.45. The number of hydrogen-bond acceptors (Lipinski definition) is 11. The van der Waals surface area contributed by atoms with Gasteiger partial charge in [0.05, 0.1) is 39.6 Å². The van der Waals surface area contributed by atoms with E-state index in [0.717, 1.165) is 0 Å². The molecule has 0 radical (unpaired) electrons. The van der Waals surface area contributed by atoms with Crippen LogP contribution in [0.25, 0.3) is 22.3 Å². The van der Waals surface area contributed by atoms with Gasteiger partial charge in [-0.3, -0.25) is 0 Å². The second-order valence-corrected chi connectivity index (χ2v) is 8.04. The summed E-state index contributed by atoms with van der Waals surface area (Å²) in [5.41, 5.74) is 0.513. The maximum Gasteiger partial charge on any atom is 0.402 e. The van der Waals surface area contributed by atoms with E-state index < -0.39 is 48.8 Å². The predicted octanol–water partition coefficient (Wildman–Crippen LogP) is 0.997. The summed E-state index contributed by atoms with van der Waals surface area (Å²) < 4.78 is 33.3. The first kappa shape index (κ1) is 25.5. The molecule has 194 valence electrons. The Morgan fingerprint density at radius 2 is 1.56 bits per heavy atom. The van der Waals surface area contributed by atoms with Crippen LogP contribution in [0.15, 0.2) is 34.7 Å². The van der Waals surface area contributed by atoms with Gasteiger partial charge in [-0.15, -0.1) is 0 Å². The second-order valence-electron chi connectivity index (χ2n) is 8.04. The number of fused-ring (bicyclic) bond motifs is 1. The number of rotatable bonds is 7. The first-order valence-electron chi connectivity index (χ1n) is 10.8. The first-order valence-corrected chi connectivity index (χ1v) is 10.8. The van der Waals surface area contributed by atoms with Crippen LogP contribution in [0.2, 0.25) is 0 Å². The SMILES string of the molecule is COc1cc(OC)c2cc(O[C@@H]3O[C@H](CO)[C@H](O)[C@H](O)[C@H]3O)c(-c3cc(O)c(O)c(OC)c3)[o+]c2c1. The molecule has 1 fully saturated rings. The minimum absolute atomic E-state index is 0.0170. The maximum absolute atomic E-state index is 10.5. The highest BCUT2D eigenvalue weighted by molar-refractivity contribution is 5.89. The van der Waals surface area contributed by atoms with Gasteiger partial charge in [0.25, 0.3) is 0 Å². The van der Waals surface area contributed by atoms with Crippen molar-refractivity contribution in [1.29, 1.82) is 0 Å². The maximum atomic E-state index is 10.5. The summed E-state index contributed by atoms with van der Waals surface area (Å²) in [6.45, 7) is -0.642. The van der Waals surface area contributed by atoms with Crippen LogP contribution in [-0.2, 0) is 4.74 Å². The number of ether oxygens (including phenoxy) is 5. The van der Waals surface area contributed by atoms with Gasteiger partial charge in [-0.1, -0.05) is 0 Å². The third-order valence-electron chi connectivity index (χ3n) is 5.87. The van der Waals surface area contributed by atoms with Crippen molar-refractivity contribution in [3.05, 3.63) is 30.3 Å². The molecule has 3 aromatic rings. The normalized spacial score (nSPS) is 23.9. The van der Waals surface area contributed by atoms with Crippen LogP contribution in [0, 0.1) is 0 Å². The van der Waals surface area contributed by atoms with Crippen LogP contribution >= 0.6 is 0 Å². The summed E-state index contributed by atoms with van der Waals surface area (Å²) in [7, 11) is 4.22. The van der Waals surface area contributed by atoms with Crippen molar-refractivity contribution in [2.24, 2.45) is 0 Å². The van der Waals surface area contributed by atoms with Crippen LogP contribution in [0.5, 0.6) is 34.5 Å². The van der Waals surface area contributed by atoms with Gasteiger partial charge in [0.15, 0.2) is 11.5 Å². The Kier molecular flexibility index (Phi) is 7.24. The Hall–Kier alpha value is -3.55. The Balaban J connectivity index is 1.91. The minimum Gasteiger partial charge on any atom is -0.504 e. The number of aliphatic hydroxyl groups excluding tert-OH is 4. The highest BCUT2D eigenvalue weighted by Gasteiger charge is 2.45. The number of hydrogen-bond donors (Lipinski definition) is 6. The second kappa shape index (κ2) is 10.2. The molecule has 0 spiro atoms. The lowest BCUT2D eigenvalue weighted by Gasteiger charge is -2.39. The van der Waals surface area contributed by atoms with Crippen LogP contribution < -0.4 is 18.9 Å². The summed E-state index contributed by atoms with van der Waals surface area (Å²) >= 11 is 0. The summed E-state index contributed by atoms with van der Waals surface area (Å²) in [4.78, 5) is 0. The number of aromatic hydroxyl groups is 2. The van der Waals surface area contributed by atoms with Crippen molar-refractivity contribution in [3.8, 4) is 45.8 Å². The van der Waals surface area contributed by atoms with Crippen molar-refractivity contribution in [2.45, 2.75) is 30.7 Å². The molecule has 6 N–H and O–H groups in total. The van der Waals surface area contributed by atoms with E-state index in [0.29, 0.717) is 22.5 Å². The van der Waals surface area contributed by atoms with E-state index in [2.05, 4.69) is 0 Å². The Bertz CT molecular complexity index is 1240. The lowest BCUT2D eigenvalue weighted by Crippen LogP contribution is -2.60. The quantitative estimate of drug-likeness (QED) is 0.198. The molecule has 1 aliphatic heterocycles. The molecule has 0 bridgehead atoms. The standard InChI is InChI=1S/C24H26O12/c1-31-11-6-14(32-2)12-8-17(35-24-22(30)21(29)20(28)18(9-25)36-24)23(34-15(12)7-11)10-4-13(26)19(27)16(5-10)33-3/h4-8,18,20-22,24-25,28-30H,9H2,1-3H3,(H-,26,27)/p+1/t18-,20+,21+,22-,24-/m1/s1. The molecule has 0 unspecified atom stereocenters. The third-order valence-corrected chi connectivity index (χ3v) is 5.87. The van der Waals surface area contributed by atoms with Crippen molar-refractivity contribution in [2.75, 3.05) is 27.9 Å². The van der Waals surface area contributed by atoms with E-state index in [1.54, 1.807) is 12.1 Å². The van der Waals surface area contributed by atoms with Crippen LogP contribution in [0.1, 0.15) is 0 Å². The largest absolute Gasteiger partial charge is 0.504 e. The van der Waals surface area contributed by atoms with Crippen LogP contribution in [-0.4, -0.2) is 89.3 Å². The smallest absolute Gasteiger partial charge is 0.402 e. The van der Waals surface area contributed by atoms with Crippen molar-refractivity contribution in [3.63, 3.8) is 0 Å². The molecular weight excluding hydrogens is 480 g/mol. The topological polar surface area (TPSA) is 179 Å². The third kappa shape index (κ3) is 4.52. The lowest BCUT2D eigenvalue weighted by molar-refractivity contribution is -0.277. The summed E-state index contributed by atoms with van der Waals surface area (Å²) in [5.74, 6) is -0.247. The molecule has 1 aliphatic rings. The highest BCUT2D eigenvalue weighted by atomic mass is 16.7. The fourth-order valence-corrected chi connectivity index (χ4v) is 3.91. The molecule has 0 saturated carbocycles. The number of methoxy groups -OCH3 is 3. The zero-order valence-electron chi connectivity index (χ0n) is 19.6. The van der Waals surface area contributed by atoms with Crippen molar-refractivity contribution in [1.82, 2.24) is 0 Å². The number of benzene rings is 2. The van der Waals surface area contributed by atoms with Gasteiger partial charge in [0, 0.05) is 24.3 Å². The molecule has 2 heterocycles. The van der Waals surface area contributed by atoms with Gasteiger partial charge < -0.3 is 54.3 Å². The summed E-state index contributed by atoms with van der Waals surface area (Å²) in [5, 5.41) is 61.0. The Labute approximate surface area is 205 Å². The molecule has 12 heteroatoms. The fourth-order valence-electron chi connectivity index (χ4n) is 3.91. The Morgan fingerprint density at radius 3 is 2.19 bits per heavy atom. The van der Waals surface area contributed by atoms with Crippen LogP contribution in [0.3, 0.4) is 0 Å². The van der Waals surface area contributed by atoms with E-state index in [1.165, 1.54) is 39.5 Å². The minimum atomic E-state index is -1.69. The zero-order chi connectivity index (χ0) is 26.1. The van der Waals surface area contributed by atoms with E-state index in [9.17, 15) is 30.6 Å². The molecule has 0 aliphatic carbocycles. The number of phenols is 2. The molecular formula is C24H27O12+. The van der Waals surface area contributed by atoms with Gasteiger partial charge in [0.1, 0.15) is 41.3 Å². The van der Waals surface area contributed by atoms with Gasteiger partial charge in [-0.2, -0.15) is 0 Å². The Morgan fingerprint density at radius 1 is 0.833 bits per heavy atom. The van der Waals surface area contributed by atoms with Gasteiger partial charge in [-0.25, -0.2) is 4.42 Å². The average molecular weight is 507 g/mol. The van der Waals surface area contributed by atoms with Crippen LogP contribution in [0.4, 0.5) is 0 Å². The van der Waals surface area contributed by atoms with Gasteiger partial charge >= 0.3 is 11.3 Å². The lowest BCUT2D eigenvalue weighted by atomic mass is 9.99. The summed E-state index contributed by atoms with van der Waals surface area (Å²) in [6, 6.07) is 7.32. The number of aliphatic hydroxyl groups is 4. The molecule has 2 aromatic carbocycles. The van der Waals surface area contributed by atoms with E-state index >= 15 is 0 Å². The molecule has 36 heavy (non-hydrogen) atoms. The molecule has 1 saturated heterocycles. The molecule has 0 amide bonds. The predicted molar refractivity (Wildman–Crippen MR) is 123 cm³/mol. The summed E-state index contributed by atoms with van der Waals surface area (Å²) in [6.07, 6.45) is -7.66. The molecule has 4 rings (SSSR count). The van der Waals surface area contributed by atoms with E-state index in [-0.39, 0.29) is 22.8 Å². The zero-order valence-corrected chi connectivity index (χ0v) is 19.6. The van der Waals surface area contributed by atoms with E-state index in [1.807, 2.05) is 0 Å².